The Hall–Kier alpha value is -0.130. The Balaban J connectivity index is 4.53. The van der Waals surface area contributed by atoms with Crippen molar-refractivity contribution in [1.29, 1.82) is 0 Å². The molecule has 0 aliphatic carbocycles. The van der Waals surface area contributed by atoms with Crippen molar-refractivity contribution in [3.63, 3.8) is 0 Å². The highest BCUT2D eigenvalue weighted by atomic mass is 32.2. The van der Waals surface area contributed by atoms with Gasteiger partial charge in [-0.25, -0.2) is 8.42 Å². The summed E-state index contributed by atoms with van der Waals surface area (Å²) in [5.74, 6) is 0.546. The third-order valence-corrected chi connectivity index (χ3v) is 6.01. The Morgan fingerprint density at radius 2 is 1.83 bits per heavy atom. The molecule has 0 rings (SSSR count). The van der Waals surface area contributed by atoms with E-state index in [2.05, 4.69) is 38.2 Å². The Bertz CT molecular complexity index is 328. The molecule has 0 fully saturated rings. The van der Waals surface area contributed by atoms with Crippen LogP contribution < -0.4 is 5.32 Å². The van der Waals surface area contributed by atoms with Gasteiger partial charge in [-0.05, 0) is 47.3 Å². The molecular formula is C13H30N2O2S. The second-order valence-corrected chi connectivity index (χ2v) is 7.80. The average molecular weight is 278 g/mol. The van der Waals surface area contributed by atoms with Crippen molar-refractivity contribution in [2.45, 2.75) is 51.6 Å². The monoisotopic (exact) mass is 278 g/mol. The number of sulfone groups is 1. The summed E-state index contributed by atoms with van der Waals surface area (Å²) in [7, 11) is 3.28. The highest BCUT2D eigenvalue weighted by Gasteiger charge is 2.33. The van der Waals surface area contributed by atoms with E-state index in [-0.39, 0.29) is 11.3 Å². The molecule has 110 valence electrons. The van der Waals surface area contributed by atoms with Crippen LogP contribution in [0.15, 0.2) is 0 Å². The highest BCUT2D eigenvalue weighted by Crippen LogP contribution is 2.24. The van der Waals surface area contributed by atoms with E-state index in [4.69, 9.17) is 0 Å². The van der Waals surface area contributed by atoms with Gasteiger partial charge in [0.25, 0.3) is 0 Å². The smallest absolute Gasteiger partial charge is 0.150 e. The second kappa shape index (κ2) is 7.46. The van der Waals surface area contributed by atoms with Gasteiger partial charge in [-0.2, -0.15) is 0 Å². The maximum atomic E-state index is 11.5. The minimum atomic E-state index is -2.84. The number of hydrogen-bond donors (Lipinski definition) is 1. The predicted octanol–water partition coefficient (Wildman–Crippen LogP) is 1.52. The van der Waals surface area contributed by atoms with Crippen LogP contribution in [0.2, 0.25) is 0 Å². The molecule has 0 aliphatic rings. The number of likely N-dealkylation sites (N-methyl/N-ethyl adjacent to an activating group) is 2. The van der Waals surface area contributed by atoms with Crippen LogP contribution in [0.25, 0.3) is 0 Å². The van der Waals surface area contributed by atoms with Crippen LogP contribution in [0, 0.1) is 0 Å². The average Bonchev–Trinajstić information content (AvgIpc) is 2.33. The molecule has 0 saturated carbocycles. The van der Waals surface area contributed by atoms with Crippen LogP contribution in [0.5, 0.6) is 0 Å². The lowest BCUT2D eigenvalue weighted by Crippen LogP contribution is -2.56. The minimum Gasteiger partial charge on any atom is -0.315 e. The van der Waals surface area contributed by atoms with Crippen LogP contribution in [0.4, 0.5) is 0 Å². The van der Waals surface area contributed by atoms with E-state index in [1.165, 1.54) is 0 Å². The van der Waals surface area contributed by atoms with Crippen molar-refractivity contribution in [1.82, 2.24) is 10.2 Å². The van der Waals surface area contributed by atoms with Gasteiger partial charge in [0.05, 0.1) is 5.75 Å². The summed E-state index contributed by atoms with van der Waals surface area (Å²) < 4.78 is 23.0. The minimum absolute atomic E-state index is 0.0602. The summed E-state index contributed by atoms with van der Waals surface area (Å²) >= 11 is 0. The molecule has 0 spiro atoms. The normalized spacial score (nSPS) is 17.7. The Morgan fingerprint density at radius 3 is 2.17 bits per heavy atom. The lowest BCUT2D eigenvalue weighted by Gasteiger charge is -2.42. The molecule has 2 unspecified atom stereocenters. The van der Waals surface area contributed by atoms with Gasteiger partial charge in [0, 0.05) is 17.3 Å². The van der Waals surface area contributed by atoms with Gasteiger partial charge in [0.2, 0.25) is 0 Å². The van der Waals surface area contributed by atoms with Gasteiger partial charge in [0.1, 0.15) is 9.84 Å². The summed E-state index contributed by atoms with van der Waals surface area (Å²) in [4.78, 5) is 2.22. The van der Waals surface area contributed by atoms with Crippen molar-refractivity contribution in [2.75, 3.05) is 32.6 Å². The molecule has 4 nitrogen and oxygen atoms in total. The van der Waals surface area contributed by atoms with E-state index in [9.17, 15) is 8.42 Å². The van der Waals surface area contributed by atoms with Crippen LogP contribution in [0.3, 0.4) is 0 Å². The lowest BCUT2D eigenvalue weighted by molar-refractivity contribution is 0.112. The fourth-order valence-corrected chi connectivity index (χ4v) is 3.19. The van der Waals surface area contributed by atoms with Crippen LogP contribution in [-0.4, -0.2) is 57.5 Å². The lowest BCUT2D eigenvalue weighted by atomic mass is 9.85. The summed E-state index contributed by atoms with van der Waals surface area (Å²) in [6, 6.07) is 0.310. The molecule has 0 amide bonds. The molecule has 0 radical (unpaired) electrons. The fourth-order valence-electron chi connectivity index (χ4n) is 2.29. The first-order valence-corrected chi connectivity index (χ1v) is 8.60. The van der Waals surface area contributed by atoms with E-state index in [0.717, 1.165) is 19.3 Å². The SMILES string of the molecule is CCC(C)(C(CCCS(=O)(=O)CC)NC)N(C)C. The van der Waals surface area contributed by atoms with Crippen LogP contribution in [-0.2, 0) is 9.84 Å². The van der Waals surface area contributed by atoms with Gasteiger partial charge in [0.15, 0.2) is 0 Å². The number of nitrogens with one attached hydrogen (secondary N) is 1. The van der Waals surface area contributed by atoms with Crippen molar-refractivity contribution in [2.24, 2.45) is 0 Å². The molecule has 0 bridgehead atoms. The summed E-state index contributed by atoms with van der Waals surface area (Å²) in [5, 5.41) is 3.34. The van der Waals surface area contributed by atoms with Crippen molar-refractivity contribution >= 4 is 9.84 Å². The molecule has 0 aliphatic heterocycles. The van der Waals surface area contributed by atoms with E-state index in [1.807, 2.05) is 7.05 Å². The quantitative estimate of drug-likeness (QED) is 0.695. The zero-order valence-corrected chi connectivity index (χ0v) is 13.6. The Labute approximate surface area is 113 Å². The van der Waals surface area contributed by atoms with Crippen molar-refractivity contribution in [3.05, 3.63) is 0 Å². The predicted molar refractivity (Wildman–Crippen MR) is 78.8 cm³/mol. The highest BCUT2D eigenvalue weighted by molar-refractivity contribution is 7.91. The third-order valence-electron chi connectivity index (χ3n) is 4.22. The van der Waals surface area contributed by atoms with Gasteiger partial charge in [-0.3, -0.25) is 0 Å². The van der Waals surface area contributed by atoms with E-state index >= 15 is 0 Å². The van der Waals surface area contributed by atoms with E-state index < -0.39 is 9.84 Å². The largest absolute Gasteiger partial charge is 0.315 e. The van der Waals surface area contributed by atoms with Gasteiger partial charge in [-0.15, -0.1) is 0 Å². The van der Waals surface area contributed by atoms with Crippen LogP contribution in [0.1, 0.15) is 40.0 Å². The van der Waals surface area contributed by atoms with Crippen molar-refractivity contribution < 1.29 is 8.42 Å². The maximum absolute atomic E-state index is 11.5. The fraction of sp³-hybridized carbons (Fsp3) is 1.00. The molecule has 0 aromatic carbocycles. The van der Waals surface area contributed by atoms with Gasteiger partial charge >= 0.3 is 0 Å². The Morgan fingerprint density at radius 1 is 1.28 bits per heavy atom. The molecule has 5 heteroatoms. The van der Waals surface area contributed by atoms with Gasteiger partial charge in [-0.1, -0.05) is 13.8 Å². The number of nitrogens with zero attached hydrogens (tertiary/aromatic N) is 1. The second-order valence-electron chi connectivity index (χ2n) is 5.33. The first-order chi connectivity index (χ1) is 8.23. The topological polar surface area (TPSA) is 49.4 Å². The molecule has 0 saturated heterocycles. The van der Waals surface area contributed by atoms with Crippen LogP contribution >= 0.6 is 0 Å². The zero-order valence-electron chi connectivity index (χ0n) is 12.8. The van der Waals surface area contributed by atoms with E-state index in [1.54, 1.807) is 6.92 Å². The first-order valence-electron chi connectivity index (χ1n) is 6.78. The molecule has 0 heterocycles. The molecule has 18 heavy (non-hydrogen) atoms. The maximum Gasteiger partial charge on any atom is 0.150 e. The first kappa shape index (κ1) is 17.9. The molecule has 0 aromatic heterocycles. The molecule has 1 N–H and O–H groups in total. The van der Waals surface area contributed by atoms with E-state index in [0.29, 0.717) is 11.8 Å². The molecule has 2 atom stereocenters. The molecular weight excluding hydrogens is 248 g/mol. The summed E-state index contributed by atoms with van der Waals surface area (Å²) in [5.41, 5.74) is 0.0602. The summed E-state index contributed by atoms with van der Waals surface area (Å²) in [6.45, 7) is 6.11. The zero-order chi connectivity index (χ0) is 14.4. The number of rotatable bonds is 9. The third kappa shape index (κ3) is 4.86. The Kier molecular flexibility index (Phi) is 7.40. The molecule has 0 aromatic rings. The standard InChI is InChI=1S/C13H30N2O2S/c1-7-13(3,15(5)6)12(14-4)10-9-11-18(16,17)8-2/h12,14H,7-11H2,1-6H3. The summed E-state index contributed by atoms with van der Waals surface area (Å²) in [6.07, 6.45) is 2.65. The number of hydrogen-bond acceptors (Lipinski definition) is 4. The van der Waals surface area contributed by atoms with Gasteiger partial charge < -0.3 is 10.2 Å². The van der Waals surface area contributed by atoms with Crippen molar-refractivity contribution in [3.8, 4) is 0 Å².